The summed E-state index contributed by atoms with van der Waals surface area (Å²) >= 11 is 0. The fourth-order valence-corrected chi connectivity index (χ4v) is 2.51. The van der Waals surface area contributed by atoms with Crippen molar-refractivity contribution in [2.75, 3.05) is 0 Å². The predicted molar refractivity (Wildman–Crippen MR) is 88.0 cm³/mol. The van der Waals surface area contributed by atoms with Crippen LogP contribution in [0.5, 0.6) is 0 Å². The number of rotatable bonds is 0. The maximum atomic E-state index is 5.06. The van der Waals surface area contributed by atoms with Crippen LogP contribution in [0.2, 0.25) is 0 Å². The van der Waals surface area contributed by atoms with Crippen LogP contribution < -0.4 is 0 Å². The van der Waals surface area contributed by atoms with Crippen LogP contribution in [0.1, 0.15) is 83.1 Å². The molecule has 2 heteroatoms. The Kier molecular flexibility index (Phi) is 4.96. The van der Waals surface area contributed by atoms with E-state index in [1.807, 2.05) is 0 Å². The van der Waals surface area contributed by atoms with Gasteiger partial charge in [0.1, 0.15) is 5.84 Å². The summed E-state index contributed by atoms with van der Waals surface area (Å²) in [6.07, 6.45) is 0. The Morgan fingerprint density at radius 2 is 0.947 bits per heavy atom. The van der Waals surface area contributed by atoms with Gasteiger partial charge < -0.3 is 4.90 Å². The maximum Gasteiger partial charge on any atom is 0.106 e. The van der Waals surface area contributed by atoms with E-state index in [1.165, 1.54) is 5.84 Å². The topological polar surface area (TPSA) is 15.6 Å². The normalized spacial score (nSPS) is 15.7. The monoisotopic (exact) mass is 268 g/mol. The summed E-state index contributed by atoms with van der Waals surface area (Å²) in [5, 5.41) is 0. The molecule has 0 saturated heterocycles. The van der Waals surface area contributed by atoms with Crippen molar-refractivity contribution in [2.24, 2.45) is 10.4 Å². The van der Waals surface area contributed by atoms with Gasteiger partial charge in [-0.15, -0.1) is 0 Å². The second-order valence-corrected chi connectivity index (χ2v) is 9.53. The molecule has 0 aromatic rings. The molecule has 0 rings (SSSR count). The summed E-state index contributed by atoms with van der Waals surface area (Å²) in [7, 11) is 0. The number of nitrogens with zero attached hydrogens (tertiary/aromatic N) is 2. The minimum atomic E-state index is -0.0582. The van der Waals surface area contributed by atoms with Gasteiger partial charge in [0, 0.05) is 16.5 Å². The molecule has 0 atom stereocenters. The molecule has 19 heavy (non-hydrogen) atoms. The summed E-state index contributed by atoms with van der Waals surface area (Å²) in [5.74, 6) is 1.19. The molecule has 0 heterocycles. The zero-order chi connectivity index (χ0) is 15.9. The van der Waals surface area contributed by atoms with Crippen LogP contribution in [0.3, 0.4) is 0 Å². The molecular formula is C17H36N2. The minimum Gasteiger partial charge on any atom is -0.350 e. The van der Waals surface area contributed by atoms with E-state index in [-0.39, 0.29) is 22.0 Å². The van der Waals surface area contributed by atoms with Gasteiger partial charge in [-0.2, -0.15) is 0 Å². The molecule has 0 bridgehead atoms. The van der Waals surface area contributed by atoms with Crippen LogP contribution >= 0.6 is 0 Å². The standard InChI is InChI=1S/C17H36N2/c1-14(2,3)13(18-15(4,5)6)19(16(7,8)9)17(10,11)12/h1-12H3/b18-13-. The third kappa shape index (κ3) is 5.97. The van der Waals surface area contributed by atoms with Gasteiger partial charge in [0.15, 0.2) is 0 Å². The molecule has 0 saturated carbocycles. The molecular weight excluding hydrogens is 232 g/mol. The highest BCUT2D eigenvalue weighted by molar-refractivity contribution is 5.88. The Hall–Kier alpha value is -0.530. The third-order valence-electron chi connectivity index (χ3n) is 2.67. The summed E-state index contributed by atoms with van der Waals surface area (Å²) in [4.78, 5) is 7.53. The Balaban J connectivity index is 6.04. The van der Waals surface area contributed by atoms with Crippen LogP contribution in [0.15, 0.2) is 4.99 Å². The first-order valence-electron chi connectivity index (χ1n) is 7.37. The molecule has 0 N–H and O–H groups in total. The van der Waals surface area contributed by atoms with Crippen molar-refractivity contribution in [3.8, 4) is 0 Å². The van der Waals surface area contributed by atoms with Crippen LogP contribution in [-0.2, 0) is 0 Å². The van der Waals surface area contributed by atoms with Crippen LogP contribution in [0, 0.1) is 5.41 Å². The number of amidine groups is 1. The second-order valence-electron chi connectivity index (χ2n) is 9.53. The largest absolute Gasteiger partial charge is 0.350 e. The van der Waals surface area contributed by atoms with E-state index in [0.717, 1.165) is 0 Å². The fraction of sp³-hybridized carbons (Fsp3) is 0.941. The molecule has 0 radical (unpaired) electrons. The van der Waals surface area contributed by atoms with Crippen molar-refractivity contribution in [2.45, 2.75) is 99.7 Å². The molecule has 0 amide bonds. The highest BCUT2D eigenvalue weighted by Crippen LogP contribution is 2.33. The lowest BCUT2D eigenvalue weighted by molar-refractivity contribution is 0.109. The SMILES string of the molecule is CC(C)(C)/N=C(\N(C(C)(C)C)C(C)(C)C)C(C)(C)C. The molecule has 0 aliphatic heterocycles. The van der Waals surface area contributed by atoms with Gasteiger partial charge in [-0.1, -0.05) is 20.8 Å². The Morgan fingerprint density at radius 1 is 0.632 bits per heavy atom. The predicted octanol–water partition coefficient (Wildman–Crippen LogP) is 5.13. The highest BCUT2D eigenvalue weighted by Gasteiger charge is 2.39. The summed E-state index contributed by atoms with van der Waals surface area (Å²) < 4.78 is 0. The van der Waals surface area contributed by atoms with Crippen molar-refractivity contribution in [1.82, 2.24) is 4.90 Å². The molecule has 0 aromatic heterocycles. The lowest BCUT2D eigenvalue weighted by Crippen LogP contribution is -2.59. The minimum absolute atomic E-state index is 0.0356. The van der Waals surface area contributed by atoms with E-state index in [9.17, 15) is 0 Å². The Bertz CT molecular complexity index is 310. The van der Waals surface area contributed by atoms with Gasteiger partial charge in [0.2, 0.25) is 0 Å². The fourth-order valence-electron chi connectivity index (χ4n) is 2.51. The van der Waals surface area contributed by atoms with Crippen molar-refractivity contribution >= 4 is 5.84 Å². The smallest absolute Gasteiger partial charge is 0.106 e. The molecule has 114 valence electrons. The Morgan fingerprint density at radius 3 is 1.11 bits per heavy atom. The van der Waals surface area contributed by atoms with E-state index in [2.05, 4.69) is 88.0 Å². The molecule has 0 unspecified atom stereocenters. The number of hydrogen-bond donors (Lipinski definition) is 0. The summed E-state index contributed by atoms with van der Waals surface area (Å²) in [6, 6.07) is 0. The first-order valence-corrected chi connectivity index (χ1v) is 7.37. The molecule has 0 spiro atoms. The quantitative estimate of drug-likeness (QED) is 0.439. The molecule has 0 aliphatic rings. The van der Waals surface area contributed by atoms with Crippen molar-refractivity contribution in [1.29, 1.82) is 0 Å². The number of hydrogen-bond acceptors (Lipinski definition) is 1. The van der Waals surface area contributed by atoms with Gasteiger partial charge in [-0.3, -0.25) is 4.99 Å². The molecule has 0 fully saturated rings. The van der Waals surface area contributed by atoms with E-state index in [0.29, 0.717) is 0 Å². The van der Waals surface area contributed by atoms with E-state index < -0.39 is 0 Å². The molecule has 0 aromatic carbocycles. The van der Waals surface area contributed by atoms with Gasteiger partial charge in [-0.05, 0) is 62.3 Å². The summed E-state index contributed by atoms with van der Waals surface area (Å²) in [6.45, 7) is 26.9. The first-order chi connectivity index (χ1) is 7.96. The highest BCUT2D eigenvalue weighted by atomic mass is 15.3. The third-order valence-corrected chi connectivity index (χ3v) is 2.67. The Labute approximate surface area is 121 Å². The molecule has 2 nitrogen and oxygen atoms in total. The first kappa shape index (κ1) is 18.5. The molecule has 0 aliphatic carbocycles. The average molecular weight is 268 g/mol. The maximum absolute atomic E-state index is 5.06. The number of aliphatic imine (C=N–C) groups is 1. The lowest BCUT2D eigenvalue weighted by Gasteiger charge is -2.51. The van der Waals surface area contributed by atoms with Crippen molar-refractivity contribution in [3.05, 3.63) is 0 Å². The average Bonchev–Trinajstić information content (AvgIpc) is 1.91. The van der Waals surface area contributed by atoms with Gasteiger partial charge >= 0.3 is 0 Å². The van der Waals surface area contributed by atoms with Crippen LogP contribution in [0.4, 0.5) is 0 Å². The van der Waals surface area contributed by atoms with Gasteiger partial charge in [0.25, 0.3) is 0 Å². The van der Waals surface area contributed by atoms with E-state index >= 15 is 0 Å². The zero-order valence-electron chi connectivity index (χ0n) is 15.4. The van der Waals surface area contributed by atoms with Crippen molar-refractivity contribution < 1.29 is 0 Å². The lowest BCUT2D eigenvalue weighted by atomic mass is 9.86. The summed E-state index contributed by atoms with van der Waals surface area (Å²) in [5.41, 5.74) is 0.0798. The van der Waals surface area contributed by atoms with E-state index in [4.69, 9.17) is 4.99 Å². The zero-order valence-corrected chi connectivity index (χ0v) is 15.4. The van der Waals surface area contributed by atoms with Gasteiger partial charge in [0.05, 0.1) is 5.54 Å². The second kappa shape index (κ2) is 5.10. The van der Waals surface area contributed by atoms with Crippen LogP contribution in [0.25, 0.3) is 0 Å². The van der Waals surface area contributed by atoms with Crippen LogP contribution in [-0.4, -0.2) is 27.4 Å². The van der Waals surface area contributed by atoms with E-state index in [1.54, 1.807) is 0 Å². The van der Waals surface area contributed by atoms with Gasteiger partial charge in [-0.25, -0.2) is 0 Å². The van der Waals surface area contributed by atoms with Crippen molar-refractivity contribution in [3.63, 3.8) is 0 Å².